The third kappa shape index (κ3) is 2.35. The second kappa shape index (κ2) is 5.29. The van der Waals surface area contributed by atoms with Crippen LogP contribution in [0.2, 0.25) is 0 Å². The third-order valence-corrected chi connectivity index (χ3v) is 3.61. The maximum atomic E-state index is 12.3. The molecule has 0 atom stereocenters. The first kappa shape index (κ1) is 12.6. The molecular formula is C17H16N2O. The number of nitrogens with zero attached hydrogens (tertiary/aromatic N) is 2. The topological polar surface area (TPSA) is 34.9 Å². The van der Waals surface area contributed by atoms with Crippen LogP contribution in [0.5, 0.6) is 0 Å². The van der Waals surface area contributed by atoms with Gasteiger partial charge in [-0.1, -0.05) is 48.6 Å². The van der Waals surface area contributed by atoms with Gasteiger partial charge in [0.25, 0.3) is 0 Å². The van der Waals surface area contributed by atoms with Crippen LogP contribution in [0.15, 0.2) is 54.3 Å². The number of rotatable bonds is 2. The van der Waals surface area contributed by atoms with Crippen molar-refractivity contribution in [3.8, 4) is 0 Å². The first-order chi connectivity index (χ1) is 9.75. The molecule has 0 fully saturated rings. The number of carbonyl (C=O) groups excluding carboxylic acids is 1. The SMILES string of the molecule is Cn1ncc2c1CCC(=CC=Cc1ccccc1)C2=O. The highest BCUT2D eigenvalue weighted by Crippen LogP contribution is 2.24. The van der Waals surface area contributed by atoms with Gasteiger partial charge in [0.2, 0.25) is 0 Å². The Morgan fingerprint density at radius 3 is 2.80 bits per heavy atom. The molecule has 0 radical (unpaired) electrons. The Kier molecular flexibility index (Phi) is 3.33. The summed E-state index contributed by atoms with van der Waals surface area (Å²) in [6.07, 6.45) is 9.22. The van der Waals surface area contributed by atoms with E-state index in [0.29, 0.717) is 0 Å². The van der Waals surface area contributed by atoms with Crippen LogP contribution in [0.1, 0.15) is 28.0 Å². The molecular weight excluding hydrogens is 248 g/mol. The molecule has 3 rings (SSSR count). The Balaban J connectivity index is 1.81. The van der Waals surface area contributed by atoms with Crippen LogP contribution >= 0.6 is 0 Å². The van der Waals surface area contributed by atoms with Gasteiger partial charge in [-0.3, -0.25) is 9.48 Å². The van der Waals surface area contributed by atoms with Gasteiger partial charge < -0.3 is 0 Å². The molecule has 0 amide bonds. The van der Waals surface area contributed by atoms with Crippen molar-refractivity contribution in [1.82, 2.24) is 9.78 Å². The van der Waals surface area contributed by atoms with E-state index in [1.54, 1.807) is 10.9 Å². The minimum absolute atomic E-state index is 0.108. The van der Waals surface area contributed by atoms with Crippen LogP contribution in [-0.4, -0.2) is 15.6 Å². The van der Waals surface area contributed by atoms with Gasteiger partial charge in [-0.15, -0.1) is 0 Å². The Morgan fingerprint density at radius 1 is 1.20 bits per heavy atom. The minimum atomic E-state index is 0.108. The zero-order valence-electron chi connectivity index (χ0n) is 11.4. The molecule has 3 nitrogen and oxygen atoms in total. The monoisotopic (exact) mass is 264 g/mol. The lowest BCUT2D eigenvalue weighted by Crippen LogP contribution is -2.14. The van der Waals surface area contributed by atoms with Crippen LogP contribution in [0.25, 0.3) is 6.08 Å². The van der Waals surface area contributed by atoms with Crippen LogP contribution < -0.4 is 0 Å². The van der Waals surface area contributed by atoms with Gasteiger partial charge in [0.15, 0.2) is 5.78 Å². The molecule has 1 aromatic heterocycles. The van der Waals surface area contributed by atoms with E-state index in [1.165, 1.54) is 0 Å². The Morgan fingerprint density at radius 2 is 2.00 bits per heavy atom. The molecule has 0 saturated heterocycles. The molecule has 100 valence electrons. The minimum Gasteiger partial charge on any atom is -0.289 e. The van der Waals surface area contributed by atoms with E-state index >= 15 is 0 Å². The average molecular weight is 264 g/mol. The van der Waals surface area contributed by atoms with Crippen LogP contribution in [-0.2, 0) is 13.5 Å². The zero-order chi connectivity index (χ0) is 13.9. The smallest absolute Gasteiger partial charge is 0.192 e. The summed E-state index contributed by atoms with van der Waals surface area (Å²) in [7, 11) is 1.89. The van der Waals surface area contributed by atoms with Crippen LogP contribution in [0.3, 0.4) is 0 Å². The summed E-state index contributed by atoms with van der Waals surface area (Å²) < 4.78 is 1.80. The number of benzene rings is 1. The lowest BCUT2D eigenvalue weighted by molar-refractivity contribution is 0.102. The Bertz CT molecular complexity index is 693. The highest BCUT2D eigenvalue weighted by Gasteiger charge is 2.24. The van der Waals surface area contributed by atoms with E-state index in [2.05, 4.69) is 5.10 Å². The van der Waals surface area contributed by atoms with E-state index in [-0.39, 0.29) is 5.78 Å². The van der Waals surface area contributed by atoms with E-state index in [1.807, 2.05) is 55.6 Å². The van der Waals surface area contributed by atoms with Gasteiger partial charge in [0, 0.05) is 18.3 Å². The van der Waals surface area contributed by atoms with E-state index in [9.17, 15) is 4.79 Å². The van der Waals surface area contributed by atoms with Crippen molar-refractivity contribution in [3.05, 3.63) is 71.1 Å². The number of carbonyl (C=O) groups is 1. The molecule has 0 saturated carbocycles. The zero-order valence-corrected chi connectivity index (χ0v) is 11.4. The molecule has 3 heteroatoms. The number of fused-ring (bicyclic) bond motifs is 1. The van der Waals surface area contributed by atoms with Gasteiger partial charge in [-0.2, -0.15) is 5.10 Å². The van der Waals surface area contributed by atoms with E-state index < -0.39 is 0 Å². The Labute approximate surface area is 118 Å². The van der Waals surface area contributed by atoms with Crippen molar-refractivity contribution in [2.24, 2.45) is 7.05 Å². The molecule has 0 unspecified atom stereocenters. The second-order valence-corrected chi connectivity index (χ2v) is 4.92. The fraction of sp³-hybridized carbons (Fsp3) is 0.176. The maximum absolute atomic E-state index is 12.3. The predicted octanol–water partition coefficient (Wildman–Crippen LogP) is 3.19. The molecule has 1 heterocycles. The lowest BCUT2D eigenvalue weighted by atomic mass is 9.91. The van der Waals surface area contributed by atoms with Crippen LogP contribution in [0, 0.1) is 0 Å². The first-order valence-corrected chi connectivity index (χ1v) is 6.73. The number of allylic oxidation sites excluding steroid dienone is 3. The third-order valence-electron chi connectivity index (χ3n) is 3.61. The quantitative estimate of drug-likeness (QED) is 0.781. The number of hydrogen-bond acceptors (Lipinski definition) is 2. The summed E-state index contributed by atoms with van der Waals surface area (Å²) in [6, 6.07) is 10.1. The average Bonchev–Trinajstić information content (AvgIpc) is 2.85. The highest BCUT2D eigenvalue weighted by atomic mass is 16.1. The number of ketones is 1. The lowest BCUT2D eigenvalue weighted by Gasteiger charge is -2.13. The van der Waals surface area contributed by atoms with E-state index in [4.69, 9.17) is 0 Å². The second-order valence-electron chi connectivity index (χ2n) is 4.92. The summed E-state index contributed by atoms with van der Waals surface area (Å²) in [5.41, 5.74) is 3.78. The Hall–Kier alpha value is -2.42. The summed E-state index contributed by atoms with van der Waals surface area (Å²) in [6.45, 7) is 0. The molecule has 0 bridgehead atoms. The van der Waals surface area contributed by atoms with Crippen molar-refractivity contribution in [3.63, 3.8) is 0 Å². The van der Waals surface area contributed by atoms with Crippen molar-refractivity contribution < 1.29 is 4.79 Å². The van der Waals surface area contributed by atoms with Crippen molar-refractivity contribution >= 4 is 11.9 Å². The van der Waals surface area contributed by atoms with Crippen molar-refractivity contribution in [1.29, 1.82) is 0 Å². The molecule has 0 N–H and O–H groups in total. The van der Waals surface area contributed by atoms with Gasteiger partial charge in [0.1, 0.15) is 0 Å². The molecule has 0 aliphatic heterocycles. The number of aromatic nitrogens is 2. The van der Waals surface area contributed by atoms with Crippen molar-refractivity contribution in [2.75, 3.05) is 0 Å². The molecule has 2 aromatic rings. The molecule has 1 aliphatic rings. The summed E-state index contributed by atoms with van der Waals surface area (Å²) >= 11 is 0. The first-order valence-electron chi connectivity index (χ1n) is 6.73. The normalized spacial score (nSPS) is 16.9. The van der Waals surface area contributed by atoms with Gasteiger partial charge >= 0.3 is 0 Å². The fourth-order valence-electron chi connectivity index (χ4n) is 2.49. The number of aryl methyl sites for hydroxylation is 1. The standard InChI is InChI=1S/C17H16N2O/c1-19-16-11-10-14(17(20)15(16)12-18-19)9-5-8-13-6-3-2-4-7-13/h2-9,12H,10-11H2,1H3. The van der Waals surface area contributed by atoms with Crippen LogP contribution in [0.4, 0.5) is 0 Å². The molecule has 1 aliphatic carbocycles. The number of Topliss-reactive ketones (excluding diaryl/α,β-unsaturated/α-hetero) is 1. The van der Waals surface area contributed by atoms with E-state index in [0.717, 1.165) is 35.2 Å². The van der Waals surface area contributed by atoms with Gasteiger partial charge in [0.05, 0.1) is 11.8 Å². The summed E-state index contributed by atoms with van der Waals surface area (Å²) in [5, 5.41) is 4.16. The molecule has 20 heavy (non-hydrogen) atoms. The predicted molar refractivity (Wildman–Crippen MR) is 79.4 cm³/mol. The highest BCUT2D eigenvalue weighted by molar-refractivity contribution is 6.10. The van der Waals surface area contributed by atoms with Gasteiger partial charge in [-0.05, 0) is 18.4 Å². The molecule has 1 aromatic carbocycles. The largest absolute Gasteiger partial charge is 0.289 e. The maximum Gasteiger partial charge on any atom is 0.192 e. The summed E-state index contributed by atoms with van der Waals surface area (Å²) in [5.74, 6) is 0.108. The fourth-order valence-corrected chi connectivity index (χ4v) is 2.49. The summed E-state index contributed by atoms with van der Waals surface area (Å²) in [4.78, 5) is 12.3. The molecule has 0 spiro atoms. The van der Waals surface area contributed by atoms with Crippen molar-refractivity contribution in [2.45, 2.75) is 12.8 Å². The number of hydrogen-bond donors (Lipinski definition) is 0. The van der Waals surface area contributed by atoms with Gasteiger partial charge in [-0.25, -0.2) is 0 Å².